The maximum absolute atomic E-state index is 12.3. The van der Waals surface area contributed by atoms with E-state index in [2.05, 4.69) is 0 Å². The van der Waals surface area contributed by atoms with E-state index >= 15 is 0 Å². The molecule has 0 unspecified atom stereocenters. The molecule has 26 heavy (non-hydrogen) atoms. The molecule has 2 aromatic rings. The number of benzene rings is 1. The van der Waals surface area contributed by atoms with Crippen LogP contribution in [0.25, 0.3) is 0 Å². The van der Waals surface area contributed by atoms with Crippen LogP contribution in [0, 0.1) is 6.92 Å². The van der Waals surface area contributed by atoms with Gasteiger partial charge in [-0.05, 0) is 31.5 Å². The van der Waals surface area contributed by atoms with Crippen molar-refractivity contribution in [2.24, 2.45) is 0 Å². The van der Waals surface area contributed by atoms with Gasteiger partial charge in [-0.3, -0.25) is 0 Å². The fourth-order valence-corrected chi connectivity index (χ4v) is 2.78. The molecule has 0 saturated carbocycles. The van der Waals surface area contributed by atoms with Crippen molar-refractivity contribution in [1.29, 1.82) is 0 Å². The van der Waals surface area contributed by atoms with Crippen LogP contribution in [0.2, 0.25) is 0 Å². The molecular weight excluding hydrogens is 338 g/mol. The highest BCUT2D eigenvalue weighted by Crippen LogP contribution is 2.32. The molecule has 140 valence electrons. The molecule has 0 amide bonds. The second-order valence-electron chi connectivity index (χ2n) is 5.49. The van der Waals surface area contributed by atoms with Crippen molar-refractivity contribution >= 4 is 11.9 Å². The molecule has 2 rings (SSSR count). The van der Waals surface area contributed by atoms with E-state index in [1.54, 1.807) is 25.5 Å². The van der Waals surface area contributed by atoms with E-state index < -0.39 is 11.9 Å². The zero-order chi connectivity index (χ0) is 19.3. The smallest absolute Gasteiger partial charge is 0.344 e. The number of ether oxygens (including phenoxy) is 4. The Morgan fingerprint density at radius 1 is 1.04 bits per heavy atom. The molecule has 0 bridgehead atoms. The van der Waals surface area contributed by atoms with Crippen molar-refractivity contribution in [3.63, 3.8) is 0 Å². The Labute approximate surface area is 152 Å². The first-order valence-electron chi connectivity index (χ1n) is 8.13. The molecule has 0 spiro atoms. The van der Waals surface area contributed by atoms with Gasteiger partial charge in [0, 0.05) is 5.69 Å². The van der Waals surface area contributed by atoms with Crippen LogP contribution < -0.4 is 9.47 Å². The number of carbonyl (C=O) groups is 2. The van der Waals surface area contributed by atoms with Crippen LogP contribution >= 0.6 is 0 Å². The van der Waals surface area contributed by atoms with E-state index in [1.807, 2.05) is 24.3 Å². The highest BCUT2D eigenvalue weighted by atomic mass is 16.5. The molecular formula is C19H23NO6. The van der Waals surface area contributed by atoms with Gasteiger partial charge in [-0.15, -0.1) is 0 Å². The summed E-state index contributed by atoms with van der Waals surface area (Å²) in [6.07, 6.45) is 0. The van der Waals surface area contributed by atoms with E-state index in [0.717, 1.165) is 5.56 Å². The molecule has 1 aromatic carbocycles. The number of hydrogen-bond acceptors (Lipinski definition) is 6. The molecule has 1 aromatic heterocycles. The summed E-state index contributed by atoms with van der Waals surface area (Å²) in [7, 11) is 4.12. The van der Waals surface area contributed by atoms with Crippen LogP contribution in [0.5, 0.6) is 11.6 Å². The Bertz CT molecular complexity index is 809. The summed E-state index contributed by atoms with van der Waals surface area (Å²) in [5, 5.41) is 0. The lowest BCUT2D eigenvalue weighted by atomic mass is 10.1. The van der Waals surface area contributed by atoms with Crippen molar-refractivity contribution in [3.05, 3.63) is 46.6 Å². The van der Waals surface area contributed by atoms with Gasteiger partial charge < -0.3 is 23.5 Å². The average molecular weight is 361 g/mol. The Morgan fingerprint density at radius 3 is 2.27 bits per heavy atom. The summed E-state index contributed by atoms with van der Waals surface area (Å²) in [4.78, 5) is 24.6. The van der Waals surface area contributed by atoms with Gasteiger partial charge in [0.1, 0.15) is 11.3 Å². The summed E-state index contributed by atoms with van der Waals surface area (Å²) < 4.78 is 22.4. The molecule has 0 radical (unpaired) electrons. The topological polar surface area (TPSA) is 76.0 Å². The highest BCUT2D eigenvalue weighted by molar-refractivity contribution is 6.06. The van der Waals surface area contributed by atoms with Crippen molar-refractivity contribution in [2.45, 2.75) is 20.4 Å². The second-order valence-corrected chi connectivity index (χ2v) is 5.49. The minimum atomic E-state index is -0.652. The summed E-state index contributed by atoms with van der Waals surface area (Å²) in [6, 6.07) is 7.52. The molecule has 0 fully saturated rings. The fourth-order valence-electron chi connectivity index (χ4n) is 2.78. The van der Waals surface area contributed by atoms with E-state index in [4.69, 9.17) is 18.9 Å². The van der Waals surface area contributed by atoms with Crippen LogP contribution in [0.1, 0.15) is 38.9 Å². The van der Waals surface area contributed by atoms with Gasteiger partial charge in [0.15, 0.2) is 0 Å². The summed E-state index contributed by atoms with van der Waals surface area (Å²) in [5.74, 6) is -0.277. The lowest BCUT2D eigenvalue weighted by Crippen LogP contribution is -2.11. The van der Waals surface area contributed by atoms with E-state index in [1.165, 1.54) is 14.2 Å². The third-order valence-electron chi connectivity index (χ3n) is 4.01. The quantitative estimate of drug-likeness (QED) is 0.706. The minimum Gasteiger partial charge on any atom is -0.497 e. The third kappa shape index (κ3) is 3.66. The Balaban J connectivity index is 2.64. The van der Waals surface area contributed by atoms with Crippen molar-refractivity contribution in [2.75, 3.05) is 27.9 Å². The zero-order valence-electron chi connectivity index (χ0n) is 15.6. The zero-order valence-corrected chi connectivity index (χ0v) is 15.6. The standard InChI is InChI=1S/C19H23NO6/c1-6-26-17-16(19(22)25-5)15(18(21)24-4)12(2)20(17)11-13-8-7-9-14(10-13)23-3/h7-10H,6,11H2,1-5H3. The van der Waals surface area contributed by atoms with Crippen LogP contribution in [0.4, 0.5) is 0 Å². The predicted octanol–water partition coefficient (Wildman–Crippen LogP) is 2.83. The first-order valence-corrected chi connectivity index (χ1v) is 8.13. The van der Waals surface area contributed by atoms with Gasteiger partial charge in [-0.25, -0.2) is 9.59 Å². The van der Waals surface area contributed by atoms with Gasteiger partial charge in [0.25, 0.3) is 0 Å². The first-order chi connectivity index (χ1) is 12.5. The largest absolute Gasteiger partial charge is 0.497 e. The number of nitrogens with zero attached hydrogens (tertiary/aromatic N) is 1. The Kier molecular flexibility index (Phi) is 6.27. The number of hydrogen-bond donors (Lipinski definition) is 0. The fraction of sp³-hybridized carbons (Fsp3) is 0.368. The molecule has 7 heteroatoms. The second kappa shape index (κ2) is 8.42. The number of methoxy groups -OCH3 is 3. The van der Waals surface area contributed by atoms with Crippen molar-refractivity contribution in [3.8, 4) is 11.6 Å². The summed E-state index contributed by atoms with van der Waals surface area (Å²) in [5.41, 5.74) is 1.70. The molecule has 0 saturated heterocycles. The molecule has 0 aliphatic heterocycles. The van der Waals surface area contributed by atoms with E-state index in [9.17, 15) is 9.59 Å². The van der Waals surface area contributed by atoms with Gasteiger partial charge in [0.2, 0.25) is 5.88 Å². The average Bonchev–Trinajstić information content (AvgIpc) is 2.93. The van der Waals surface area contributed by atoms with Crippen LogP contribution in [-0.2, 0) is 16.0 Å². The SMILES string of the molecule is CCOc1c(C(=O)OC)c(C(=O)OC)c(C)n1Cc1cccc(OC)c1. The lowest BCUT2D eigenvalue weighted by Gasteiger charge is -2.13. The number of esters is 2. The number of aromatic nitrogens is 1. The first kappa shape index (κ1) is 19.4. The van der Waals surface area contributed by atoms with E-state index in [-0.39, 0.29) is 17.0 Å². The van der Waals surface area contributed by atoms with Gasteiger partial charge in [-0.2, -0.15) is 0 Å². The third-order valence-corrected chi connectivity index (χ3v) is 4.01. The highest BCUT2D eigenvalue weighted by Gasteiger charge is 2.32. The van der Waals surface area contributed by atoms with Gasteiger partial charge in [-0.1, -0.05) is 12.1 Å². The Hall–Kier alpha value is -2.96. The summed E-state index contributed by atoms with van der Waals surface area (Å²) in [6.45, 7) is 4.25. The van der Waals surface area contributed by atoms with Gasteiger partial charge >= 0.3 is 11.9 Å². The molecule has 1 heterocycles. The van der Waals surface area contributed by atoms with Crippen LogP contribution in [-0.4, -0.2) is 44.4 Å². The van der Waals surface area contributed by atoms with Gasteiger partial charge in [0.05, 0.1) is 40.0 Å². The van der Waals surface area contributed by atoms with Crippen LogP contribution in [0.3, 0.4) is 0 Å². The molecule has 7 nitrogen and oxygen atoms in total. The maximum Gasteiger partial charge on any atom is 0.344 e. The molecule has 0 atom stereocenters. The minimum absolute atomic E-state index is 0.0709. The van der Waals surface area contributed by atoms with Crippen molar-refractivity contribution < 1.29 is 28.5 Å². The number of carbonyl (C=O) groups excluding carboxylic acids is 2. The van der Waals surface area contributed by atoms with E-state index in [0.29, 0.717) is 24.6 Å². The van der Waals surface area contributed by atoms with Crippen molar-refractivity contribution in [1.82, 2.24) is 4.57 Å². The Morgan fingerprint density at radius 2 is 1.69 bits per heavy atom. The van der Waals surface area contributed by atoms with Crippen LogP contribution in [0.15, 0.2) is 24.3 Å². The lowest BCUT2D eigenvalue weighted by molar-refractivity contribution is 0.0552. The molecule has 0 aliphatic carbocycles. The normalized spacial score (nSPS) is 10.3. The predicted molar refractivity (Wildman–Crippen MR) is 95.1 cm³/mol. The number of rotatable bonds is 7. The monoisotopic (exact) mass is 361 g/mol. The summed E-state index contributed by atoms with van der Waals surface area (Å²) >= 11 is 0. The molecule has 0 aliphatic rings. The maximum atomic E-state index is 12.3. The molecule has 0 N–H and O–H groups in total.